The van der Waals surface area contributed by atoms with Gasteiger partial charge in [-0.25, -0.2) is 0 Å². The Morgan fingerprint density at radius 2 is 1.94 bits per heavy atom. The summed E-state index contributed by atoms with van der Waals surface area (Å²) >= 11 is 1.72. The van der Waals surface area contributed by atoms with Crippen LogP contribution in [0.5, 0.6) is 0 Å². The van der Waals surface area contributed by atoms with Crippen molar-refractivity contribution in [2.75, 3.05) is 6.54 Å². The fourth-order valence-corrected chi connectivity index (χ4v) is 5.32. The molecule has 1 atom stereocenters. The van der Waals surface area contributed by atoms with Crippen molar-refractivity contribution >= 4 is 33.2 Å². The second kappa shape index (κ2) is 8.98. The molecule has 6 nitrogen and oxygen atoms in total. The number of rotatable bonds is 4. The van der Waals surface area contributed by atoms with Gasteiger partial charge in [-0.2, -0.15) is 0 Å². The van der Waals surface area contributed by atoms with Gasteiger partial charge in [-0.15, -0.1) is 11.3 Å². The second-order valence-electron chi connectivity index (χ2n) is 8.76. The molecule has 7 heteroatoms. The molecule has 1 unspecified atom stereocenters. The largest absolute Gasteiger partial charge is 0.364 e. The minimum absolute atomic E-state index is 0.00579. The maximum atomic E-state index is 13.2. The van der Waals surface area contributed by atoms with Gasteiger partial charge in [-0.05, 0) is 57.2 Å². The Bertz CT molecular complexity index is 1300. The minimum Gasteiger partial charge on any atom is -0.364 e. The molecule has 33 heavy (non-hydrogen) atoms. The van der Waals surface area contributed by atoms with E-state index in [1.165, 1.54) is 34.5 Å². The molecule has 5 rings (SSSR count). The fourth-order valence-electron chi connectivity index (χ4n) is 4.43. The number of hydrogen-bond donors (Lipinski definition) is 0. The van der Waals surface area contributed by atoms with Gasteiger partial charge in [0.25, 0.3) is 5.91 Å². The standard InChI is InChI=1S/C20H22N2OS.C6H7NO2/c1-4-10-22-18(23)17-12-15-9-11-24-19(15)21(17)13-20(22,3)16-7-5-14(2)6-8-16;1-4-6(5(2)8)3-9-7-4/h5-9,11-12H,4,10,13H2,1-3H3;3H,1-2H3. The molecule has 0 N–H and O–H groups in total. The van der Waals surface area contributed by atoms with Crippen LogP contribution in [0.4, 0.5) is 0 Å². The Morgan fingerprint density at radius 1 is 1.21 bits per heavy atom. The third kappa shape index (κ3) is 4.13. The third-order valence-electron chi connectivity index (χ3n) is 6.28. The Hall–Kier alpha value is -3.19. The zero-order chi connectivity index (χ0) is 23.8. The molecule has 3 aromatic heterocycles. The maximum absolute atomic E-state index is 13.2. The molecule has 0 spiro atoms. The van der Waals surface area contributed by atoms with Crippen molar-refractivity contribution in [3.8, 4) is 0 Å². The van der Waals surface area contributed by atoms with E-state index in [0.717, 1.165) is 25.2 Å². The average molecular weight is 464 g/mol. The number of nitrogens with zero attached hydrogens (tertiary/aromatic N) is 3. The van der Waals surface area contributed by atoms with Crippen LogP contribution in [0.25, 0.3) is 10.2 Å². The summed E-state index contributed by atoms with van der Waals surface area (Å²) < 4.78 is 6.75. The molecule has 0 saturated carbocycles. The second-order valence-corrected chi connectivity index (χ2v) is 9.66. The molecule has 1 amide bonds. The SMILES string of the molecule is CC(=O)c1conc1C.CCCN1C(=O)c2cc3ccsc3n2CC1(C)c1ccc(C)cc1. The van der Waals surface area contributed by atoms with Gasteiger partial charge in [-0.1, -0.05) is 41.9 Å². The lowest BCUT2D eigenvalue weighted by atomic mass is 9.87. The molecule has 1 aromatic carbocycles. The van der Waals surface area contributed by atoms with E-state index in [4.69, 9.17) is 0 Å². The smallest absolute Gasteiger partial charge is 0.271 e. The zero-order valence-electron chi connectivity index (χ0n) is 19.7. The first-order valence-electron chi connectivity index (χ1n) is 11.1. The van der Waals surface area contributed by atoms with E-state index >= 15 is 0 Å². The van der Waals surface area contributed by atoms with Crippen LogP contribution >= 0.6 is 11.3 Å². The van der Waals surface area contributed by atoms with E-state index in [1.807, 2.05) is 6.07 Å². The topological polar surface area (TPSA) is 68.3 Å². The zero-order valence-corrected chi connectivity index (χ0v) is 20.5. The van der Waals surface area contributed by atoms with Crippen molar-refractivity contribution in [3.63, 3.8) is 0 Å². The van der Waals surface area contributed by atoms with Crippen LogP contribution in [0.1, 0.15) is 64.9 Å². The number of hydrogen-bond acceptors (Lipinski definition) is 5. The molecule has 4 heterocycles. The minimum atomic E-state index is -0.316. The van der Waals surface area contributed by atoms with E-state index in [9.17, 15) is 9.59 Å². The van der Waals surface area contributed by atoms with Crippen LogP contribution in [0, 0.1) is 13.8 Å². The summed E-state index contributed by atoms with van der Waals surface area (Å²) in [5.74, 6) is 0.142. The van der Waals surface area contributed by atoms with Crippen LogP contribution in [0.2, 0.25) is 0 Å². The third-order valence-corrected chi connectivity index (χ3v) is 7.23. The van der Waals surface area contributed by atoms with Crippen LogP contribution in [-0.2, 0) is 12.1 Å². The first kappa shape index (κ1) is 23.0. The molecule has 1 aliphatic heterocycles. The van der Waals surface area contributed by atoms with E-state index in [-0.39, 0.29) is 17.2 Å². The predicted octanol–water partition coefficient (Wildman–Crippen LogP) is 5.98. The number of benzene rings is 1. The number of aryl methyl sites for hydroxylation is 2. The Morgan fingerprint density at radius 3 is 2.52 bits per heavy atom. The molecule has 0 aliphatic carbocycles. The highest BCUT2D eigenvalue weighted by Crippen LogP contribution is 2.39. The summed E-state index contributed by atoms with van der Waals surface area (Å²) in [6, 6.07) is 12.8. The first-order valence-corrected chi connectivity index (χ1v) is 12.0. The lowest BCUT2D eigenvalue weighted by Crippen LogP contribution is -2.54. The van der Waals surface area contributed by atoms with Crippen molar-refractivity contribution in [3.05, 3.63) is 76.1 Å². The molecule has 172 valence electrons. The molecule has 4 aromatic rings. The van der Waals surface area contributed by atoms with Crippen LogP contribution in [0.15, 0.2) is 52.6 Å². The highest BCUT2D eigenvalue weighted by Gasteiger charge is 2.43. The Kier molecular flexibility index (Phi) is 6.26. The van der Waals surface area contributed by atoms with Gasteiger partial charge < -0.3 is 14.0 Å². The summed E-state index contributed by atoms with van der Waals surface area (Å²) in [6.45, 7) is 11.2. The van der Waals surface area contributed by atoms with Gasteiger partial charge in [0.15, 0.2) is 5.78 Å². The van der Waals surface area contributed by atoms with Crippen molar-refractivity contribution < 1.29 is 14.1 Å². The molecule has 1 aliphatic rings. The number of fused-ring (bicyclic) bond motifs is 3. The molecular formula is C26H29N3O3S. The molecule has 0 radical (unpaired) electrons. The number of Topliss-reactive ketones (excluding diaryl/α,β-unsaturated/α-hetero) is 1. The summed E-state index contributed by atoms with van der Waals surface area (Å²) in [7, 11) is 0. The molecule has 0 saturated heterocycles. The highest BCUT2D eigenvalue weighted by molar-refractivity contribution is 7.16. The molecule has 0 bridgehead atoms. The predicted molar refractivity (Wildman–Crippen MR) is 131 cm³/mol. The number of ketones is 1. The summed E-state index contributed by atoms with van der Waals surface area (Å²) in [4.78, 5) is 27.1. The fraction of sp³-hybridized carbons (Fsp3) is 0.346. The van der Waals surface area contributed by atoms with Crippen molar-refractivity contribution in [2.45, 2.75) is 53.1 Å². The van der Waals surface area contributed by atoms with Gasteiger partial charge in [0, 0.05) is 11.9 Å². The van der Waals surface area contributed by atoms with Gasteiger partial charge in [-0.3, -0.25) is 9.59 Å². The monoisotopic (exact) mass is 463 g/mol. The van der Waals surface area contributed by atoms with Crippen LogP contribution in [0.3, 0.4) is 0 Å². The van der Waals surface area contributed by atoms with Gasteiger partial charge in [0.2, 0.25) is 0 Å². The normalized spacial score (nSPS) is 17.6. The number of aromatic nitrogens is 2. The highest BCUT2D eigenvalue weighted by atomic mass is 32.1. The van der Waals surface area contributed by atoms with E-state index in [0.29, 0.717) is 11.3 Å². The van der Waals surface area contributed by atoms with E-state index < -0.39 is 0 Å². The van der Waals surface area contributed by atoms with Gasteiger partial charge in [0.1, 0.15) is 16.8 Å². The van der Waals surface area contributed by atoms with E-state index in [2.05, 4.69) is 75.6 Å². The summed E-state index contributed by atoms with van der Waals surface area (Å²) in [5, 5.41) is 6.82. The van der Waals surface area contributed by atoms with Gasteiger partial charge in [0.05, 0.1) is 23.3 Å². The Labute approximate surface area is 197 Å². The first-order chi connectivity index (χ1) is 15.8. The number of carbonyl (C=O) groups is 2. The van der Waals surface area contributed by atoms with Crippen molar-refractivity contribution in [1.29, 1.82) is 0 Å². The summed E-state index contributed by atoms with van der Waals surface area (Å²) in [6.07, 6.45) is 2.32. The quantitative estimate of drug-likeness (QED) is 0.349. The lowest BCUT2D eigenvalue weighted by molar-refractivity contribution is 0.0357. The number of thiophene rings is 1. The van der Waals surface area contributed by atoms with E-state index in [1.54, 1.807) is 18.3 Å². The van der Waals surface area contributed by atoms with Crippen molar-refractivity contribution in [1.82, 2.24) is 14.6 Å². The van der Waals surface area contributed by atoms with Crippen LogP contribution < -0.4 is 0 Å². The van der Waals surface area contributed by atoms with Crippen molar-refractivity contribution in [2.24, 2.45) is 0 Å². The maximum Gasteiger partial charge on any atom is 0.271 e. The Balaban J connectivity index is 0.000000243. The lowest BCUT2D eigenvalue weighted by Gasteiger charge is -2.46. The number of carbonyl (C=O) groups excluding carboxylic acids is 2. The molecule has 0 fully saturated rings. The summed E-state index contributed by atoms with van der Waals surface area (Å²) in [5.41, 5.74) is 4.18. The van der Waals surface area contributed by atoms with Crippen LogP contribution in [-0.4, -0.2) is 32.9 Å². The van der Waals surface area contributed by atoms with Gasteiger partial charge >= 0.3 is 0 Å². The molecular weight excluding hydrogens is 434 g/mol. The number of amides is 1. The average Bonchev–Trinajstić information content (AvgIpc) is 3.49.